The van der Waals surface area contributed by atoms with Gasteiger partial charge in [0.15, 0.2) is 0 Å². The Morgan fingerprint density at radius 1 is 1.13 bits per heavy atom. The number of carbonyl (C=O) groups excluding carboxylic acids is 1. The van der Waals surface area contributed by atoms with Crippen molar-refractivity contribution in [3.8, 4) is 0 Å². The fourth-order valence-electron chi connectivity index (χ4n) is 7.83. The summed E-state index contributed by atoms with van der Waals surface area (Å²) in [5.74, 6) is 1.30. The van der Waals surface area contributed by atoms with Gasteiger partial charge in [0.25, 0.3) is 0 Å². The summed E-state index contributed by atoms with van der Waals surface area (Å²) in [6.45, 7) is 9.13. The van der Waals surface area contributed by atoms with Crippen LogP contribution in [-0.4, -0.2) is 17.1 Å². The summed E-state index contributed by atoms with van der Waals surface area (Å²) in [6, 6.07) is 4.30. The van der Waals surface area contributed by atoms with Crippen LogP contribution in [-0.2, 0) is 9.53 Å². The number of nitrogens with zero attached hydrogens (tertiary/aromatic N) is 1. The highest BCUT2D eigenvalue weighted by atomic mass is 16.5. The Kier molecular flexibility index (Phi) is 4.54. The lowest BCUT2D eigenvalue weighted by Gasteiger charge is -2.62. The minimum Gasteiger partial charge on any atom is -0.462 e. The van der Waals surface area contributed by atoms with Crippen LogP contribution in [0.15, 0.2) is 42.3 Å². The average Bonchev–Trinajstić information content (AvgIpc) is 3.00. The minimum absolute atomic E-state index is 0.0770. The number of hydrogen-bond donors (Lipinski definition) is 0. The Balaban J connectivity index is 1.46. The van der Waals surface area contributed by atoms with Gasteiger partial charge in [-0.15, -0.1) is 0 Å². The predicted octanol–water partition coefficient (Wildman–Crippen LogP) is 6.36. The summed E-state index contributed by atoms with van der Waals surface area (Å²) in [7, 11) is 0. The SMILES string of the molecule is CC(=O)O[C@H]1CC[C@@]2(C)C(=CC[C@@H]3[C@@H]2CC[C@]2(C)C(c4cccnc4)=CC[C@@]32C)C1. The Bertz CT molecular complexity index is 918. The molecular weight excluding hydrogens is 370 g/mol. The molecule has 4 aliphatic rings. The van der Waals surface area contributed by atoms with Gasteiger partial charge in [-0.1, -0.05) is 44.6 Å². The highest BCUT2D eigenvalue weighted by Crippen LogP contribution is 2.71. The molecule has 30 heavy (non-hydrogen) atoms. The van der Waals surface area contributed by atoms with Crippen molar-refractivity contribution < 1.29 is 9.53 Å². The van der Waals surface area contributed by atoms with E-state index >= 15 is 0 Å². The lowest BCUT2D eigenvalue weighted by molar-refractivity contribution is -0.149. The van der Waals surface area contributed by atoms with Gasteiger partial charge in [-0.3, -0.25) is 9.78 Å². The third-order valence-corrected chi connectivity index (χ3v) is 9.75. The number of esters is 1. The molecule has 1 aromatic rings. The summed E-state index contributed by atoms with van der Waals surface area (Å²) in [5, 5.41) is 0. The van der Waals surface area contributed by atoms with Gasteiger partial charge in [-0.25, -0.2) is 0 Å². The summed E-state index contributed by atoms with van der Waals surface area (Å²) < 4.78 is 5.60. The Hall–Kier alpha value is -1.90. The van der Waals surface area contributed by atoms with Gasteiger partial charge in [-0.05, 0) is 83.8 Å². The average molecular weight is 406 g/mol. The molecule has 0 saturated heterocycles. The number of aromatic nitrogens is 1. The molecule has 4 aliphatic carbocycles. The lowest BCUT2D eigenvalue weighted by Crippen LogP contribution is -2.54. The molecular formula is C27H35NO2. The van der Waals surface area contributed by atoms with E-state index in [9.17, 15) is 4.79 Å². The molecule has 2 fully saturated rings. The van der Waals surface area contributed by atoms with E-state index in [0.717, 1.165) is 25.2 Å². The second-order valence-corrected chi connectivity index (χ2v) is 10.9. The topological polar surface area (TPSA) is 39.2 Å². The van der Waals surface area contributed by atoms with Gasteiger partial charge in [0.2, 0.25) is 0 Å². The third kappa shape index (κ3) is 2.70. The van der Waals surface area contributed by atoms with E-state index in [1.807, 2.05) is 12.4 Å². The summed E-state index contributed by atoms with van der Waals surface area (Å²) in [4.78, 5) is 15.9. The van der Waals surface area contributed by atoms with Crippen LogP contribution in [0.4, 0.5) is 0 Å². The van der Waals surface area contributed by atoms with Crippen LogP contribution >= 0.6 is 0 Å². The number of carbonyl (C=O) groups is 1. The van der Waals surface area contributed by atoms with E-state index in [0.29, 0.717) is 11.3 Å². The molecule has 0 N–H and O–H groups in total. The van der Waals surface area contributed by atoms with E-state index in [-0.39, 0.29) is 22.9 Å². The van der Waals surface area contributed by atoms with Crippen molar-refractivity contribution in [2.45, 2.75) is 78.7 Å². The molecule has 0 spiro atoms. The second kappa shape index (κ2) is 6.80. The number of fused-ring (bicyclic) bond motifs is 5. The van der Waals surface area contributed by atoms with Crippen molar-refractivity contribution in [1.82, 2.24) is 4.98 Å². The molecule has 0 aliphatic heterocycles. The highest BCUT2D eigenvalue weighted by molar-refractivity contribution is 5.73. The Morgan fingerprint density at radius 2 is 1.97 bits per heavy atom. The van der Waals surface area contributed by atoms with Gasteiger partial charge in [0, 0.05) is 25.7 Å². The normalized spacial score (nSPS) is 42.3. The van der Waals surface area contributed by atoms with Crippen LogP contribution < -0.4 is 0 Å². The molecule has 5 rings (SSSR count). The monoisotopic (exact) mass is 405 g/mol. The zero-order chi connectivity index (χ0) is 21.1. The molecule has 6 atom stereocenters. The van der Waals surface area contributed by atoms with Gasteiger partial charge >= 0.3 is 5.97 Å². The van der Waals surface area contributed by atoms with E-state index in [1.54, 1.807) is 5.57 Å². The third-order valence-electron chi connectivity index (χ3n) is 9.75. The lowest BCUT2D eigenvalue weighted by atomic mass is 9.42. The van der Waals surface area contributed by atoms with E-state index in [4.69, 9.17) is 4.74 Å². The van der Waals surface area contributed by atoms with Crippen LogP contribution in [0.5, 0.6) is 0 Å². The molecule has 0 amide bonds. The molecule has 3 nitrogen and oxygen atoms in total. The molecule has 1 aromatic heterocycles. The molecule has 0 aromatic carbocycles. The second-order valence-electron chi connectivity index (χ2n) is 10.9. The maximum Gasteiger partial charge on any atom is 0.302 e. The van der Waals surface area contributed by atoms with Gasteiger partial charge in [0.05, 0.1) is 0 Å². The van der Waals surface area contributed by atoms with Crippen LogP contribution in [0.25, 0.3) is 5.57 Å². The smallest absolute Gasteiger partial charge is 0.302 e. The van der Waals surface area contributed by atoms with Crippen LogP contribution in [0.2, 0.25) is 0 Å². The molecule has 160 valence electrons. The molecule has 0 unspecified atom stereocenters. The first-order valence-corrected chi connectivity index (χ1v) is 11.8. The Morgan fingerprint density at radius 3 is 2.70 bits per heavy atom. The maximum absolute atomic E-state index is 11.5. The van der Waals surface area contributed by atoms with Crippen LogP contribution in [0, 0.1) is 28.1 Å². The Labute approximate surface area is 181 Å². The molecule has 0 bridgehead atoms. The zero-order valence-electron chi connectivity index (χ0n) is 18.9. The van der Waals surface area contributed by atoms with Crippen molar-refractivity contribution in [3.05, 3.63) is 47.8 Å². The first kappa shape index (κ1) is 20.0. The zero-order valence-corrected chi connectivity index (χ0v) is 18.9. The molecule has 1 heterocycles. The number of rotatable bonds is 2. The van der Waals surface area contributed by atoms with Crippen molar-refractivity contribution >= 4 is 11.5 Å². The predicted molar refractivity (Wildman–Crippen MR) is 119 cm³/mol. The van der Waals surface area contributed by atoms with E-state index < -0.39 is 0 Å². The fourth-order valence-corrected chi connectivity index (χ4v) is 7.83. The summed E-state index contributed by atoms with van der Waals surface area (Å²) in [5.41, 5.74) is 5.16. The van der Waals surface area contributed by atoms with Crippen molar-refractivity contribution in [2.24, 2.45) is 28.1 Å². The van der Waals surface area contributed by atoms with Gasteiger partial charge < -0.3 is 4.74 Å². The van der Waals surface area contributed by atoms with Gasteiger partial charge in [0.1, 0.15) is 6.10 Å². The molecule has 2 saturated carbocycles. The van der Waals surface area contributed by atoms with Crippen LogP contribution in [0.3, 0.4) is 0 Å². The largest absolute Gasteiger partial charge is 0.462 e. The number of hydrogen-bond acceptors (Lipinski definition) is 3. The van der Waals surface area contributed by atoms with E-state index in [1.165, 1.54) is 43.7 Å². The number of ether oxygens (including phenoxy) is 1. The quantitative estimate of drug-likeness (QED) is 0.424. The summed E-state index contributed by atoms with van der Waals surface area (Å²) >= 11 is 0. The fraction of sp³-hybridized carbons (Fsp3) is 0.630. The van der Waals surface area contributed by atoms with Crippen LogP contribution in [0.1, 0.15) is 78.2 Å². The summed E-state index contributed by atoms with van der Waals surface area (Å²) in [6.07, 6.45) is 17.0. The van der Waals surface area contributed by atoms with Crippen molar-refractivity contribution in [2.75, 3.05) is 0 Å². The van der Waals surface area contributed by atoms with Crippen molar-refractivity contribution in [1.29, 1.82) is 0 Å². The molecule has 3 heteroatoms. The standard InChI is InChI=1S/C27H35NO2/c1-18(29)30-21-9-12-25(2)20(16-21)7-8-24-23(25)11-14-26(3)22(10-13-27(24,26)4)19-6-5-15-28-17-19/h5-7,10,15,17,21,23-24H,8-9,11-14,16H2,1-4H3/t21-,23-,24+,25-,26+,27-/m0/s1. The van der Waals surface area contributed by atoms with Crippen molar-refractivity contribution in [3.63, 3.8) is 0 Å². The first-order valence-electron chi connectivity index (χ1n) is 11.8. The van der Waals surface area contributed by atoms with Gasteiger partial charge in [-0.2, -0.15) is 0 Å². The number of allylic oxidation sites excluding steroid dienone is 3. The minimum atomic E-state index is -0.140. The molecule has 0 radical (unpaired) electrons. The van der Waals surface area contributed by atoms with E-state index in [2.05, 4.69) is 50.0 Å². The maximum atomic E-state index is 11.5. The highest BCUT2D eigenvalue weighted by Gasteiger charge is 2.62. The number of pyridine rings is 1. The first-order chi connectivity index (χ1) is 14.3.